The highest BCUT2D eigenvalue weighted by Gasteiger charge is 2.31. The number of nitro groups is 1. The Bertz CT molecular complexity index is 1080. The average molecular weight is 444 g/mol. The number of rotatable bonds is 5. The van der Waals surface area contributed by atoms with E-state index in [1.54, 1.807) is 0 Å². The summed E-state index contributed by atoms with van der Waals surface area (Å²) in [5.74, 6) is -0.499. The molecule has 0 saturated carbocycles. The number of halogens is 5. The average Bonchev–Trinajstić information content (AvgIpc) is 2.63. The zero-order valence-electron chi connectivity index (χ0n) is 14.2. The summed E-state index contributed by atoms with van der Waals surface area (Å²) in [6, 6.07) is 8.64. The Kier molecular flexibility index (Phi) is 5.76. The molecule has 0 bridgehead atoms. The van der Waals surface area contributed by atoms with E-state index in [0.717, 1.165) is 18.5 Å². The minimum atomic E-state index is -4.56. The second-order valence-electron chi connectivity index (χ2n) is 5.63. The fourth-order valence-corrected chi connectivity index (χ4v) is 2.82. The van der Waals surface area contributed by atoms with Crippen molar-refractivity contribution in [3.63, 3.8) is 0 Å². The third kappa shape index (κ3) is 4.84. The molecule has 1 aromatic heterocycles. The van der Waals surface area contributed by atoms with Crippen LogP contribution in [0.2, 0.25) is 10.0 Å². The van der Waals surface area contributed by atoms with Gasteiger partial charge in [0.15, 0.2) is 0 Å². The lowest BCUT2D eigenvalue weighted by molar-refractivity contribution is -0.383. The Morgan fingerprint density at radius 3 is 2.31 bits per heavy atom. The van der Waals surface area contributed by atoms with Gasteiger partial charge in [-0.05, 0) is 36.4 Å². The lowest BCUT2D eigenvalue weighted by Crippen LogP contribution is -2.07. The van der Waals surface area contributed by atoms with Gasteiger partial charge in [0, 0.05) is 10.7 Å². The quantitative estimate of drug-likeness (QED) is 0.360. The van der Waals surface area contributed by atoms with Gasteiger partial charge in [0.2, 0.25) is 11.6 Å². The zero-order chi connectivity index (χ0) is 21.2. The second-order valence-corrected chi connectivity index (χ2v) is 6.47. The van der Waals surface area contributed by atoms with Crippen LogP contribution in [-0.4, -0.2) is 14.9 Å². The van der Waals surface area contributed by atoms with Gasteiger partial charge >= 0.3 is 11.9 Å². The van der Waals surface area contributed by atoms with E-state index in [2.05, 4.69) is 20.6 Å². The summed E-state index contributed by atoms with van der Waals surface area (Å²) >= 11 is 11.9. The van der Waals surface area contributed by atoms with Crippen LogP contribution in [0.5, 0.6) is 0 Å². The van der Waals surface area contributed by atoms with Crippen molar-refractivity contribution in [1.82, 2.24) is 9.97 Å². The summed E-state index contributed by atoms with van der Waals surface area (Å²) in [5.41, 5.74) is -1.22. The fourth-order valence-electron chi connectivity index (χ4n) is 2.36. The van der Waals surface area contributed by atoms with E-state index in [9.17, 15) is 23.3 Å². The lowest BCUT2D eigenvalue weighted by Gasteiger charge is -2.12. The maximum Gasteiger partial charge on any atom is 0.416 e. The molecule has 29 heavy (non-hydrogen) atoms. The van der Waals surface area contributed by atoms with Crippen LogP contribution in [0.4, 0.5) is 41.9 Å². The van der Waals surface area contributed by atoms with E-state index < -0.39 is 22.4 Å². The van der Waals surface area contributed by atoms with Crippen LogP contribution in [0, 0.1) is 10.1 Å². The largest absolute Gasteiger partial charge is 0.416 e. The van der Waals surface area contributed by atoms with Crippen LogP contribution in [0.3, 0.4) is 0 Å². The second kappa shape index (κ2) is 8.10. The predicted molar refractivity (Wildman–Crippen MR) is 103 cm³/mol. The summed E-state index contributed by atoms with van der Waals surface area (Å²) < 4.78 is 38.7. The maximum atomic E-state index is 12.9. The topological polar surface area (TPSA) is 93.0 Å². The fraction of sp³-hybridized carbons (Fsp3) is 0.0588. The number of nitrogens with zero attached hydrogens (tertiary/aromatic N) is 3. The Hall–Kier alpha value is -3.11. The van der Waals surface area contributed by atoms with Gasteiger partial charge < -0.3 is 10.6 Å². The van der Waals surface area contributed by atoms with Crippen LogP contribution >= 0.6 is 23.2 Å². The number of nitrogens with one attached hydrogen (secondary N) is 2. The summed E-state index contributed by atoms with van der Waals surface area (Å²) in [6.45, 7) is 0. The minimum Gasteiger partial charge on any atom is -0.334 e. The molecule has 0 aliphatic carbocycles. The van der Waals surface area contributed by atoms with Crippen LogP contribution in [0.15, 0.2) is 48.8 Å². The van der Waals surface area contributed by atoms with Crippen molar-refractivity contribution in [2.75, 3.05) is 10.6 Å². The van der Waals surface area contributed by atoms with Gasteiger partial charge in [0.25, 0.3) is 0 Å². The molecule has 12 heteroatoms. The Morgan fingerprint density at radius 1 is 1.00 bits per heavy atom. The molecule has 0 aliphatic rings. The van der Waals surface area contributed by atoms with Crippen molar-refractivity contribution in [1.29, 1.82) is 0 Å². The molecule has 0 aliphatic heterocycles. The molecule has 0 saturated heterocycles. The van der Waals surface area contributed by atoms with Gasteiger partial charge in [-0.3, -0.25) is 10.1 Å². The van der Waals surface area contributed by atoms with Crippen molar-refractivity contribution in [3.05, 3.63) is 74.5 Å². The van der Waals surface area contributed by atoms with E-state index >= 15 is 0 Å². The highest BCUT2D eigenvalue weighted by molar-refractivity contribution is 6.36. The van der Waals surface area contributed by atoms with Gasteiger partial charge in [0.05, 0.1) is 21.2 Å². The SMILES string of the molecule is O=[N+]([O-])c1c(Nc2cccc(C(F)(F)F)c2)ncnc1Nc1ccc(Cl)cc1Cl. The number of aromatic nitrogens is 2. The molecule has 0 radical (unpaired) electrons. The molecule has 2 N–H and O–H groups in total. The van der Waals surface area contributed by atoms with Crippen molar-refractivity contribution < 1.29 is 18.1 Å². The first kappa shape index (κ1) is 20.6. The zero-order valence-corrected chi connectivity index (χ0v) is 15.7. The van der Waals surface area contributed by atoms with Crippen molar-refractivity contribution in [2.24, 2.45) is 0 Å². The van der Waals surface area contributed by atoms with E-state index in [0.29, 0.717) is 10.7 Å². The van der Waals surface area contributed by atoms with Gasteiger partial charge in [-0.2, -0.15) is 13.2 Å². The van der Waals surface area contributed by atoms with E-state index in [1.807, 2.05) is 0 Å². The molecule has 0 amide bonds. The highest BCUT2D eigenvalue weighted by atomic mass is 35.5. The third-order valence-electron chi connectivity index (χ3n) is 3.64. The standard InChI is InChI=1S/C17H10Cl2F3N5O2/c18-10-4-5-13(12(19)7-10)26-16-14(27(28)29)15(23-8-24-16)25-11-3-1-2-9(6-11)17(20,21)22/h1-8H,(H2,23,24,25,26). The van der Waals surface area contributed by atoms with Gasteiger partial charge in [-0.1, -0.05) is 29.3 Å². The molecule has 150 valence electrons. The Balaban J connectivity index is 1.98. The lowest BCUT2D eigenvalue weighted by atomic mass is 10.2. The maximum absolute atomic E-state index is 12.9. The van der Waals surface area contributed by atoms with Gasteiger partial charge in [-0.15, -0.1) is 0 Å². The molecular weight excluding hydrogens is 434 g/mol. The van der Waals surface area contributed by atoms with Crippen LogP contribution in [0.25, 0.3) is 0 Å². The summed E-state index contributed by atoms with van der Waals surface area (Å²) in [4.78, 5) is 18.5. The molecular formula is C17H10Cl2F3N5O2. The number of hydrogen-bond donors (Lipinski definition) is 2. The van der Waals surface area contributed by atoms with Crippen molar-refractivity contribution in [2.45, 2.75) is 6.18 Å². The Labute approximate surface area is 171 Å². The molecule has 0 fully saturated rings. The number of benzene rings is 2. The predicted octanol–water partition coefficient (Wildman–Crippen LogP) is 6.20. The number of alkyl halides is 3. The van der Waals surface area contributed by atoms with Crippen LogP contribution < -0.4 is 10.6 Å². The summed E-state index contributed by atoms with van der Waals surface area (Å²) in [6.07, 6.45) is -3.54. The van der Waals surface area contributed by atoms with Crippen LogP contribution in [-0.2, 0) is 6.18 Å². The molecule has 3 rings (SSSR count). The first-order chi connectivity index (χ1) is 13.6. The van der Waals surface area contributed by atoms with E-state index in [-0.39, 0.29) is 22.3 Å². The van der Waals surface area contributed by atoms with Crippen LogP contribution in [0.1, 0.15) is 5.56 Å². The Morgan fingerprint density at radius 2 is 1.69 bits per heavy atom. The summed E-state index contributed by atoms with van der Waals surface area (Å²) in [7, 11) is 0. The van der Waals surface area contributed by atoms with Gasteiger partial charge in [-0.25, -0.2) is 9.97 Å². The normalized spacial score (nSPS) is 11.2. The number of anilines is 4. The van der Waals surface area contributed by atoms with Gasteiger partial charge in [0.1, 0.15) is 6.33 Å². The molecule has 0 spiro atoms. The molecule has 2 aromatic carbocycles. The smallest absolute Gasteiger partial charge is 0.334 e. The van der Waals surface area contributed by atoms with Crippen molar-refractivity contribution in [3.8, 4) is 0 Å². The number of hydrogen-bond acceptors (Lipinski definition) is 6. The monoisotopic (exact) mass is 443 g/mol. The molecule has 0 unspecified atom stereocenters. The first-order valence-electron chi connectivity index (χ1n) is 7.81. The molecule has 7 nitrogen and oxygen atoms in total. The molecule has 3 aromatic rings. The van der Waals surface area contributed by atoms with E-state index in [4.69, 9.17) is 23.2 Å². The molecule has 0 atom stereocenters. The van der Waals surface area contributed by atoms with E-state index in [1.165, 1.54) is 30.3 Å². The van der Waals surface area contributed by atoms with Crippen molar-refractivity contribution >= 4 is 51.9 Å². The minimum absolute atomic E-state index is 0.0305. The highest BCUT2D eigenvalue weighted by Crippen LogP contribution is 2.36. The molecule has 1 heterocycles. The summed E-state index contributed by atoms with van der Waals surface area (Å²) in [5, 5.41) is 17.4. The first-order valence-corrected chi connectivity index (χ1v) is 8.56. The third-order valence-corrected chi connectivity index (χ3v) is 4.19.